The third-order valence-electron chi connectivity index (χ3n) is 3.41. The second-order valence-electron chi connectivity index (χ2n) is 5.43. The van der Waals surface area contributed by atoms with Crippen LogP contribution < -0.4 is 15.8 Å². The zero-order valence-electron chi connectivity index (χ0n) is 14.3. The lowest BCUT2D eigenvalue weighted by Gasteiger charge is -2.10. The molecule has 0 fully saturated rings. The summed E-state index contributed by atoms with van der Waals surface area (Å²) in [4.78, 5) is 8.31. The Hall–Kier alpha value is -2.83. The normalized spacial score (nSPS) is 11.6. The second kappa shape index (κ2) is 9.39. The fraction of sp³-hybridized carbons (Fsp3) is 0.118. The van der Waals surface area contributed by atoms with E-state index in [0.29, 0.717) is 18.1 Å². The van der Waals surface area contributed by atoms with Crippen molar-refractivity contribution in [3.63, 3.8) is 0 Å². The number of aromatic nitrogens is 3. The van der Waals surface area contributed by atoms with Gasteiger partial charge in [-0.3, -0.25) is 5.10 Å². The predicted molar refractivity (Wildman–Crippen MR) is 109 cm³/mol. The van der Waals surface area contributed by atoms with E-state index in [9.17, 15) is 13.2 Å². The van der Waals surface area contributed by atoms with Crippen molar-refractivity contribution in [1.82, 2.24) is 15.2 Å². The standard InChI is InChI=1S/C17H15F3N6O.HI/c18-17(19,20)27-14-6-4-13(5-7-14)25-16(21)22-9-11-2-1-3-12(8-11)15-23-10-24-26-15;/h1-8,10H,9H2,(H3,21,22,25)(H,23,24,26);1H. The molecule has 0 amide bonds. The minimum Gasteiger partial charge on any atom is -0.406 e. The van der Waals surface area contributed by atoms with Crippen LogP contribution in [0, 0.1) is 0 Å². The summed E-state index contributed by atoms with van der Waals surface area (Å²) < 4.78 is 40.2. The van der Waals surface area contributed by atoms with Crippen LogP contribution in [0.1, 0.15) is 5.56 Å². The molecular weight excluding hydrogens is 488 g/mol. The maximum atomic E-state index is 12.1. The number of aromatic amines is 1. The molecule has 0 aliphatic rings. The Kier molecular flexibility index (Phi) is 7.20. The van der Waals surface area contributed by atoms with E-state index in [4.69, 9.17) is 5.73 Å². The highest BCUT2D eigenvalue weighted by atomic mass is 127. The summed E-state index contributed by atoms with van der Waals surface area (Å²) in [7, 11) is 0. The van der Waals surface area contributed by atoms with Crippen molar-refractivity contribution < 1.29 is 17.9 Å². The highest BCUT2D eigenvalue weighted by Crippen LogP contribution is 2.24. The number of benzene rings is 2. The van der Waals surface area contributed by atoms with Crippen LogP contribution in [0.2, 0.25) is 0 Å². The molecule has 0 aliphatic heterocycles. The molecule has 148 valence electrons. The van der Waals surface area contributed by atoms with Crippen molar-refractivity contribution in [2.75, 3.05) is 5.32 Å². The topological polar surface area (TPSA) is 101 Å². The van der Waals surface area contributed by atoms with E-state index < -0.39 is 6.36 Å². The van der Waals surface area contributed by atoms with Gasteiger partial charge in [0.1, 0.15) is 12.1 Å². The van der Waals surface area contributed by atoms with Crippen molar-refractivity contribution >= 4 is 35.6 Å². The van der Waals surface area contributed by atoms with E-state index >= 15 is 0 Å². The number of alkyl halides is 3. The molecule has 3 aromatic rings. The molecule has 7 nitrogen and oxygen atoms in total. The third kappa shape index (κ3) is 6.40. The summed E-state index contributed by atoms with van der Waals surface area (Å²) in [5.74, 6) is 0.463. The highest BCUT2D eigenvalue weighted by Gasteiger charge is 2.30. The van der Waals surface area contributed by atoms with Gasteiger partial charge in [0.05, 0.1) is 6.54 Å². The van der Waals surface area contributed by atoms with E-state index in [1.54, 1.807) is 0 Å². The van der Waals surface area contributed by atoms with E-state index in [-0.39, 0.29) is 35.7 Å². The van der Waals surface area contributed by atoms with Crippen LogP contribution >= 0.6 is 24.0 Å². The van der Waals surface area contributed by atoms with Gasteiger partial charge in [-0.2, -0.15) is 5.10 Å². The number of aliphatic imine (C=N–C) groups is 1. The fourth-order valence-corrected chi connectivity index (χ4v) is 2.27. The minimum atomic E-state index is -4.73. The first kappa shape index (κ1) is 21.5. The smallest absolute Gasteiger partial charge is 0.406 e. The lowest BCUT2D eigenvalue weighted by atomic mass is 10.1. The second-order valence-corrected chi connectivity index (χ2v) is 5.43. The average Bonchev–Trinajstić information content (AvgIpc) is 3.15. The lowest BCUT2D eigenvalue weighted by molar-refractivity contribution is -0.274. The van der Waals surface area contributed by atoms with Crippen molar-refractivity contribution in [1.29, 1.82) is 0 Å². The zero-order valence-corrected chi connectivity index (χ0v) is 16.6. The van der Waals surface area contributed by atoms with Crippen LogP contribution in [0.4, 0.5) is 18.9 Å². The number of anilines is 1. The quantitative estimate of drug-likeness (QED) is 0.278. The predicted octanol–water partition coefficient (Wildman–Crippen LogP) is 3.92. The number of halogens is 4. The molecule has 11 heteroatoms. The van der Waals surface area contributed by atoms with Gasteiger partial charge in [-0.25, -0.2) is 9.98 Å². The first-order chi connectivity index (χ1) is 12.9. The fourth-order valence-electron chi connectivity index (χ4n) is 2.27. The molecule has 0 spiro atoms. The highest BCUT2D eigenvalue weighted by molar-refractivity contribution is 14.0. The van der Waals surface area contributed by atoms with Crippen molar-refractivity contribution in [2.45, 2.75) is 12.9 Å². The molecule has 3 rings (SSSR count). The van der Waals surface area contributed by atoms with Crippen LogP contribution in [-0.2, 0) is 6.54 Å². The molecule has 0 atom stereocenters. The van der Waals surface area contributed by atoms with Crippen molar-refractivity contribution in [3.8, 4) is 17.1 Å². The zero-order chi connectivity index (χ0) is 19.3. The van der Waals surface area contributed by atoms with Crippen LogP contribution in [-0.4, -0.2) is 27.5 Å². The molecule has 1 aromatic heterocycles. The number of hydrogen-bond acceptors (Lipinski definition) is 4. The van der Waals surface area contributed by atoms with Gasteiger partial charge in [0, 0.05) is 11.3 Å². The number of rotatable bonds is 5. The minimum absolute atomic E-state index is 0. The number of nitrogens with two attached hydrogens (primary N) is 1. The molecular formula is C17H16F3IN6O. The molecule has 0 bridgehead atoms. The number of H-pyrrole nitrogens is 1. The largest absolute Gasteiger partial charge is 0.573 e. The van der Waals surface area contributed by atoms with Gasteiger partial charge in [0.25, 0.3) is 0 Å². The summed E-state index contributed by atoms with van der Waals surface area (Å²) in [6.07, 6.45) is -3.30. The number of hydrogen-bond donors (Lipinski definition) is 3. The average molecular weight is 504 g/mol. The van der Waals surface area contributed by atoms with E-state index in [1.165, 1.54) is 30.6 Å². The van der Waals surface area contributed by atoms with Crippen LogP contribution in [0.5, 0.6) is 5.75 Å². The third-order valence-corrected chi connectivity index (χ3v) is 3.41. The Balaban J connectivity index is 0.00000280. The first-order valence-electron chi connectivity index (χ1n) is 7.76. The molecule has 28 heavy (non-hydrogen) atoms. The summed E-state index contributed by atoms with van der Waals surface area (Å²) in [6, 6.07) is 12.7. The number of nitrogens with zero attached hydrogens (tertiary/aromatic N) is 3. The van der Waals surface area contributed by atoms with Gasteiger partial charge in [-0.15, -0.1) is 37.1 Å². The molecule has 0 radical (unpaired) electrons. The van der Waals surface area contributed by atoms with Gasteiger partial charge in [-0.05, 0) is 35.9 Å². The van der Waals surface area contributed by atoms with Gasteiger partial charge < -0.3 is 15.8 Å². The van der Waals surface area contributed by atoms with E-state index in [0.717, 1.165) is 11.1 Å². The van der Waals surface area contributed by atoms with Gasteiger partial charge in [-0.1, -0.05) is 18.2 Å². The maximum Gasteiger partial charge on any atom is 0.573 e. The van der Waals surface area contributed by atoms with Crippen molar-refractivity contribution in [2.24, 2.45) is 10.7 Å². The van der Waals surface area contributed by atoms with E-state index in [2.05, 4.69) is 30.2 Å². The molecule has 4 N–H and O–H groups in total. The Labute approximate surface area is 175 Å². The molecule has 2 aromatic carbocycles. The van der Waals surface area contributed by atoms with Crippen LogP contribution in [0.3, 0.4) is 0 Å². The Morgan fingerprint density at radius 3 is 2.57 bits per heavy atom. The maximum absolute atomic E-state index is 12.1. The SMILES string of the molecule is I.NC(=NCc1cccc(-c2ncn[nH]2)c1)Nc1ccc(OC(F)(F)F)cc1. The Morgan fingerprint density at radius 1 is 1.18 bits per heavy atom. The molecule has 1 heterocycles. The number of guanidine groups is 1. The molecule has 0 aliphatic carbocycles. The summed E-state index contributed by atoms with van der Waals surface area (Å²) in [6.45, 7) is 0.316. The molecule has 0 saturated heterocycles. The van der Waals surface area contributed by atoms with Crippen LogP contribution in [0.15, 0.2) is 59.9 Å². The van der Waals surface area contributed by atoms with Gasteiger partial charge in [0.15, 0.2) is 11.8 Å². The van der Waals surface area contributed by atoms with Gasteiger partial charge >= 0.3 is 6.36 Å². The summed E-state index contributed by atoms with van der Waals surface area (Å²) >= 11 is 0. The molecule has 0 saturated carbocycles. The summed E-state index contributed by atoms with van der Waals surface area (Å²) in [5, 5.41) is 9.40. The van der Waals surface area contributed by atoms with Gasteiger partial charge in [0.2, 0.25) is 0 Å². The summed E-state index contributed by atoms with van der Waals surface area (Å²) in [5.41, 5.74) is 8.09. The number of ether oxygens (including phenoxy) is 1. The lowest BCUT2D eigenvalue weighted by Crippen LogP contribution is -2.22. The van der Waals surface area contributed by atoms with Crippen molar-refractivity contribution in [3.05, 3.63) is 60.4 Å². The first-order valence-corrected chi connectivity index (χ1v) is 7.76. The monoisotopic (exact) mass is 504 g/mol. The van der Waals surface area contributed by atoms with Crippen LogP contribution in [0.25, 0.3) is 11.4 Å². The Morgan fingerprint density at radius 2 is 1.93 bits per heavy atom. The Bertz CT molecular complexity index is 913. The molecule has 0 unspecified atom stereocenters. The van der Waals surface area contributed by atoms with E-state index in [1.807, 2.05) is 24.3 Å². The number of nitrogens with one attached hydrogen (secondary N) is 2.